The predicted molar refractivity (Wildman–Crippen MR) is 51.6 cm³/mol. The number of ether oxygens (including phenoxy) is 1. The molecule has 0 aliphatic carbocycles. The first-order valence-electron chi connectivity index (χ1n) is 4.24. The molecule has 0 saturated carbocycles. The number of halogens is 1. The fraction of sp³-hybridized carbons (Fsp3) is 1.00. The Morgan fingerprint density at radius 2 is 1.75 bits per heavy atom. The van der Waals surface area contributed by atoms with E-state index >= 15 is 0 Å². The molecule has 0 rings (SSSR count). The number of aliphatic hydroxyl groups is 2. The third-order valence-corrected chi connectivity index (χ3v) is 2.10. The Labute approximate surface area is 81.9 Å². The van der Waals surface area contributed by atoms with Gasteiger partial charge in [-0.05, 0) is 12.8 Å². The van der Waals surface area contributed by atoms with Gasteiger partial charge in [-0.15, -0.1) is 0 Å². The minimum atomic E-state index is -0.394. The van der Waals surface area contributed by atoms with E-state index < -0.39 is 6.10 Å². The van der Waals surface area contributed by atoms with E-state index in [4.69, 9.17) is 14.9 Å². The molecule has 74 valence electrons. The van der Waals surface area contributed by atoms with E-state index in [0.29, 0.717) is 6.61 Å². The van der Waals surface area contributed by atoms with Gasteiger partial charge in [0.05, 0.1) is 13.2 Å². The van der Waals surface area contributed by atoms with Crippen molar-refractivity contribution in [2.45, 2.75) is 25.4 Å². The van der Waals surface area contributed by atoms with Crippen LogP contribution in [0.25, 0.3) is 0 Å². The summed E-state index contributed by atoms with van der Waals surface area (Å²) in [6.45, 7) is 0.419. The van der Waals surface area contributed by atoms with Crippen LogP contribution in [-0.2, 0) is 4.74 Å². The number of aliphatic hydroxyl groups excluding tert-OH is 2. The molecule has 0 saturated heterocycles. The largest absolute Gasteiger partial charge is 0.394 e. The van der Waals surface area contributed by atoms with Gasteiger partial charge < -0.3 is 14.9 Å². The van der Waals surface area contributed by atoms with Crippen molar-refractivity contribution in [1.82, 2.24) is 0 Å². The zero-order valence-corrected chi connectivity index (χ0v) is 8.79. The summed E-state index contributed by atoms with van der Waals surface area (Å²) < 4.78 is 5.17. The second kappa shape index (κ2) is 9.45. The molecular formula is C8H17BrO3. The summed E-state index contributed by atoms with van der Waals surface area (Å²) in [6.07, 6.45) is 2.86. The van der Waals surface area contributed by atoms with E-state index in [-0.39, 0.29) is 13.2 Å². The minimum Gasteiger partial charge on any atom is -0.394 e. The van der Waals surface area contributed by atoms with Gasteiger partial charge in [0.2, 0.25) is 0 Å². The molecule has 0 aliphatic heterocycles. The molecule has 0 heterocycles. The number of hydrogen-bond donors (Lipinski definition) is 2. The zero-order chi connectivity index (χ0) is 9.23. The third-order valence-electron chi connectivity index (χ3n) is 1.54. The Bertz CT molecular complexity index is 86.4. The van der Waals surface area contributed by atoms with Crippen molar-refractivity contribution in [2.75, 3.05) is 25.2 Å². The van der Waals surface area contributed by atoms with E-state index in [9.17, 15) is 0 Å². The van der Waals surface area contributed by atoms with Crippen LogP contribution in [0.1, 0.15) is 19.3 Å². The first-order chi connectivity index (χ1) is 5.85. The molecule has 0 bridgehead atoms. The molecule has 3 nitrogen and oxygen atoms in total. The molecule has 12 heavy (non-hydrogen) atoms. The normalized spacial score (nSPS) is 11.0. The second-order valence-electron chi connectivity index (χ2n) is 2.61. The maximum absolute atomic E-state index is 8.64. The van der Waals surface area contributed by atoms with Gasteiger partial charge in [-0.25, -0.2) is 0 Å². The zero-order valence-electron chi connectivity index (χ0n) is 7.21. The third kappa shape index (κ3) is 7.03. The molecule has 0 amide bonds. The average molecular weight is 241 g/mol. The standard InChI is InChI=1S/C8H17BrO3/c9-4-2-1-3-5-12-8(6-10)7-11/h8,10-11H,1-7H2. The quantitative estimate of drug-likeness (QED) is 0.490. The van der Waals surface area contributed by atoms with E-state index in [1.807, 2.05) is 0 Å². The minimum absolute atomic E-state index is 0.102. The van der Waals surface area contributed by atoms with Gasteiger partial charge in [0.15, 0.2) is 0 Å². The van der Waals surface area contributed by atoms with Crippen molar-refractivity contribution in [3.63, 3.8) is 0 Å². The van der Waals surface area contributed by atoms with Gasteiger partial charge in [-0.3, -0.25) is 0 Å². The number of alkyl halides is 1. The van der Waals surface area contributed by atoms with Crippen LogP contribution in [0, 0.1) is 0 Å². The van der Waals surface area contributed by atoms with Crippen LogP contribution in [0.2, 0.25) is 0 Å². The molecule has 0 aromatic heterocycles. The van der Waals surface area contributed by atoms with Gasteiger partial charge in [-0.1, -0.05) is 22.4 Å². The monoisotopic (exact) mass is 240 g/mol. The van der Waals surface area contributed by atoms with Crippen LogP contribution in [0.3, 0.4) is 0 Å². The van der Waals surface area contributed by atoms with E-state index in [0.717, 1.165) is 24.6 Å². The van der Waals surface area contributed by atoms with Gasteiger partial charge in [-0.2, -0.15) is 0 Å². The van der Waals surface area contributed by atoms with Gasteiger partial charge in [0, 0.05) is 11.9 Å². The van der Waals surface area contributed by atoms with Crippen LogP contribution < -0.4 is 0 Å². The number of hydrogen-bond acceptors (Lipinski definition) is 3. The van der Waals surface area contributed by atoms with Crippen LogP contribution >= 0.6 is 15.9 Å². The summed E-state index contributed by atoms with van der Waals surface area (Å²) in [7, 11) is 0. The molecular weight excluding hydrogens is 224 g/mol. The maximum atomic E-state index is 8.64. The maximum Gasteiger partial charge on any atom is 0.104 e. The molecule has 4 heteroatoms. The van der Waals surface area contributed by atoms with Crippen molar-refractivity contribution >= 4 is 15.9 Å². The summed E-state index contributed by atoms with van der Waals surface area (Å²) in [5.41, 5.74) is 0. The van der Waals surface area contributed by atoms with Crippen molar-refractivity contribution in [2.24, 2.45) is 0 Å². The highest BCUT2D eigenvalue weighted by molar-refractivity contribution is 9.09. The molecule has 0 aliphatic rings. The summed E-state index contributed by atoms with van der Waals surface area (Å²) in [4.78, 5) is 0. The summed E-state index contributed by atoms with van der Waals surface area (Å²) in [5.74, 6) is 0. The lowest BCUT2D eigenvalue weighted by atomic mass is 10.3. The van der Waals surface area contributed by atoms with Crippen molar-refractivity contribution in [3.05, 3.63) is 0 Å². The lowest BCUT2D eigenvalue weighted by Gasteiger charge is -2.11. The van der Waals surface area contributed by atoms with Crippen LogP contribution in [-0.4, -0.2) is 41.5 Å². The van der Waals surface area contributed by atoms with Crippen molar-refractivity contribution < 1.29 is 14.9 Å². The fourth-order valence-electron chi connectivity index (χ4n) is 0.786. The van der Waals surface area contributed by atoms with Crippen molar-refractivity contribution in [1.29, 1.82) is 0 Å². The second-order valence-corrected chi connectivity index (χ2v) is 3.40. The highest BCUT2D eigenvalue weighted by Gasteiger charge is 2.03. The Kier molecular flexibility index (Phi) is 9.73. The molecule has 0 aromatic carbocycles. The van der Waals surface area contributed by atoms with E-state index in [1.54, 1.807) is 0 Å². The van der Waals surface area contributed by atoms with Crippen LogP contribution in [0.4, 0.5) is 0 Å². The molecule has 0 fully saturated rings. The SMILES string of the molecule is OCC(CO)OCCCCCBr. The summed E-state index contributed by atoms with van der Waals surface area (Å²) >= 11 is 3.34. The first kappa shape index (κ1) is 12.4. The van der Waals surface area contributed by atoms with E-state index in [1.165, 1.54) is 0 Å². The van der Waals surface area contributed by atoms with Crippen LogP contribution in [0.5, 0.6) is 0 Å². The van der Waals surface area contributed by atoms with Crippen molar-refractivity contribution in [3.8, 4) is 0 Å². The molecule has 2 N–H and O–H groups in total. The Morgan fingerprint density at radius 1 is 1.08 bits per heavy atom. The van der Waals surface area contributed by atoms with Gasteiger partial charge in [0.1, 0.15) is 6.10 Å². The van der Waals surface area contributed by atoms with E-state index in [2.05, 4.69) is 15.9 Å². The molecule has 0 unspecified atom stereocenters. The summed E-state index contributed by atoms with van der Waals surface area (Å²) in [6, 6.07) is 0. The number of rotatable bonds is 8. The molecule has 0 aromatic rings. The average Bonchev–Trinajstić information content (AvgIpc) is 2.11. The highest BCUT2D eigenvalue weighted by atomic mass is 79.9. The lowest BCUT2D eigenvalue weighted by Crippen LogP contribution is -2.22. The summed E-state index contributed by atoms with van der Waals surface area (Å²) in [5, 5.41) is 18.3. The van der Waals surface area contributed by atoms with Gasteiger partial charge >= 0.3 is 0 Å². The Morgan fingerprint density at radius 3 is 2.25 bits per heavy atom. The first-order valence-corrected chi connectivity index (χ1v) is 5.36. The lowest BCUT2D eigenvalue weighted by molar-refractivity contribution is -0.0207. The number of unbranched alkanes of at least 4 members (excludes halogenated alkanes) is 2. The Hall–Kier alpha value is 0.360. The predicted octanol–water partition coefficient (Wildman–Crippen LogP) is 0.921. The molecule has 0 radical (unpaired) electrons. The molecule has 0 atom stereocenters. The fourth-order valence-corrected chi connectivity index (χ4v) is 1.18. The van der Waals surface area contributed by atoms with Crippen LogP contribution in [0.15, 0.2) is 0 Å². The smallest absolute Gasteiger partial charge is 0.104 e. The highest BCUT2D eigenvalue weighted by Crippen LogP contribution is 2.00. The van der Waals surface area contributed by atoms with Gasteiger partial charge in [0.25, 0.3) is 0 Å². The topological polar surface area (TPSA) is 49.7 Å². The Balaban J connectivity index is 3.06. The molecule has 0 spiro atoms.